The smallest absolute Gasteiger partial charge is 0.118 e. The van der Waals surface area contributed by atoms with E-state index < -0.39 is 0 Å². The number of nitrogens with zero attached hydrogens (tertiary/aromatic N) is 1. The second-order valence-corrected chi connectivity index (χ2v) is 5.18. The van der Waals surface area contributed by atoms with E-state index in [4.69, 9.17) is 4.74 Å². The van der Waals surface area contributed by atoms with Gasteiger partial charge in [-0.3, -0.25) is 0 Å². The van der Waals surface area contributed by atoms with E-state index in [0.717, 1.165) is 28.3 Å². The van der Waals surface area contributed by atoms with Crippen molar-refractivity contribution in [3.63, 3.8) is 0 Å². The second kappa shape index (κ2) is 5.79. The van der Waals surface area contributed by atoms with Crippen molar-refractivity contribution >= 4 is 0 Å². The summed E-state index contributed by atoms with van der Waals surface area (Å²) >= 11 is 0. The summed E-state index contributed by atoms with van der Waals surface area (Å²) in [5, 5.41) is 9.39. The molecule has 3 aromatic rings. The van der Waals surface area contributed by atoms with E-state index >= 15 is 0 Å². The van der Waals surface area contributed by atoms with Gasteiger partial charge in [0.1, 0.15) is 11.8 Å². The van der Waals surface area contributed by atoms with Gasteiger partial charge in [-0.05, 0) is 48.4 Å². The molecule has 1 N–H and O–H groups in total. The van der Waals surface area contributed by atoms with E-state index in [-0.39, 0.29) is 0 Å². The zero-order chi connectivity index (χ0) is 15.5. The van der Waals surface area contributed by atoms with Gasteiger partial charge >= 0.3 is 0 Å². The lowest BCUT2D eigenvalue weighted by Crippen LogP contribution is -1.84. The third kappa shape index (κ3) is 2.59. The highest BCUT2D eigenvalue weighted by atomic mass is 16.5. The normalized spacial score (nSPS) is 10.2. The zero-order valence-corrected chi connectivity index (χ0v) is 12.6. The molecule has 1 aromatic heterocycles. The van der Waals surface area contributed by atoms with Gasteiger partial charge in [-0.15, -0.1) is 0 Å². The molecule has 0 atom stereocenters. The van der Waals surface area contributed by atoms with Crippen LogP contribution in [0.3, 0.4) is 0 Å². The lowest BCUT2D eigenvalue weighted by atomic mass is 10.1. The first-order valence-corrected chi connectivity index (χ1v) is 7.06. The predicted molar refractivity (Wildman–Crippen MR) is 87.7 cm³/mol. The topological polar surface area (TPSA) is 48.8 Å². The van der Waals surface area contributed by atoms with E-state index in [0.29, 0.717) is 5.56 Å². The van der Waals surface area contributed by atoms with Crippen LogP contribution in [0.15, 0.2) is 54.6 Å². The summed E-state index contributed by atoms with van der Waals surface area (Å²) in [6, 6.07) is 20.1. The van der Waals surface area contributed by atoms with Crippen LogP contribution in [-0.4, -0.2) is 12.1 Å². The summed E-state index contributed by atoms with van der Waals surface area (Å²) in [5.74, 6) is 0.814. The number of nitriles is 1. The highest BCUT2D eigenvalue weighted by Crippen LogP contribution is 2.29. The molecule has 0 aliphatic carbocycles. The molecule has 0 radical (unpaired) electrons. The zero-order valence-electron chi connectivity index (χ0n) is 12.6. The van der Waals surface area contributed by atoms with E-state index in [1.807, 2.05) is 61.5 Å². The van der Waals surface area contributed by atoms with Crippen molar-refractivity contribution in [2.24, 2.45) is 0 Å². The Balaban J connectivity index is 2.04. The minimum absolute atomic E-state index is 0.648. The molecule has 3 rings (SSSR count). The average Bonchev–Trinajstić information content (AvgIpc) is 3.00. The Morgan fingerprint density at radius 3 is 2.18 bits per heavy atom. The van der Waals surface area contributed by atoms with Crippen LogP contribution in [0, 0.1) is 18.3 Å². The number of benzene rings is 2. The first-order chi connectivity index (χ1) is 10.7. The Kier molecular flexibility index (Phi) is 3.67. The number of rotatable bonds is 3. The number of aromatic nitrogens is 1. The maximum atomic E-state index is 9.39. The third-order valence-corrected chi connectivity index (χ3v) is 3.68. The first kappa shape index (κ1) is 14.0. The van der Waals surface area contributed by atoms with Crippen molar-refractivity contribution in [3.8, 4) is 34.3 Å². The number of H-pyrrole nitrogens is 1. The molecule has 3 heteroatoms. The minimum atomic E-state index is 0.648. The van der Waals surface area contributed by atoms with Gasteiger partial charge in [0.15, 0.2) is 0 Å². The average molecular weight is 288 g/mol. The summed E-state index contributed by atoms with van der Waals surface area (Å²) in [7, 11) is 1.65. The summed E-state index contributed by atoms with van der Waals surface area (Å²) < 4.78 is 5.17. The van der Waals surface area contributed by atoms with Gasteiger partial charge in [-0.25, -0.2) is 0 Å². The van der Waals surface area contributed by atoms with Crippen molar-refractivity contribution in [1.29, 1.82) is 5.26 Å². The third-order valence-electron chi connectivity index (χ3n) is 3.68. The van der Waals surface area contributed by atoms with Gasteiger partial charge in [-0.1, -0.05) is 29.8 Å². The maximum Gasteiger partial charge on any atom is 0.118 e. The molecule has 0 saturated carbocycles. The monoisotopic (exact) mass is 288 g/mol. The fraction of sp³-hybridized carbons (Fsp3) is 0.105. The lowest BCUT2D eigenvalue weighted by Gasteiger charge is -2.02. The molecule has 0 fully saturated rings. The summed E-state index contributed by atoms with van der Waals surface area (Å²) in [4.78, 5) is 3.36. The molecular weight excluding hydrogens is 272 g/mol. The summed E-state index contributed by atoms with van der Waals surface area (Å²) in [6.45, 7) is 2.05. The molecule has 0 aliphatic rings. The Hall–Kier alpha value is -2.99. The predicted octanol–water partition coefficient (Wildman–Crippen LogP) is 4.54. The van der Waals surface area contributed by atoms with Gasteiger partial charge < -0.3 is 9.72 Å². The van der Waals surface area contributed by atoms with Crippen molar-refractivity contribution in [2.45, 2.75) is 6.92 Å². The molecule has 0 spiro atoms. The number of methoxy groups -OCH3 is 1. The van der Waals surface area contributed by atoms with Gasteiger partial charge in [0, 0.05) is 5.69 Å². The molecule has 0 bridgehead atoms. The standard InChI is InChI=1S/C19H16N2O/c1-13-3-5-15(6-4-13)19-16(12-20)11-18(21-19)14-7-9-17(22-2)10-8-14/h3-11,21H,1-2H3. The Morgan fingerprint density at radius 2 is 1.59 bits per heavy atom. The highest BCUT2D eigenvalue weighted by Gasteiger charge is 2.11. The van der Waals surface area contributed by atoms with Gasteiger partial charge in [0.25, 0.3) is 0 Å². The number of nitrogens with one attached hydrogen (secondary N) is 1. The SMILES string of the molecule is COc1ccc(-c2cc(C#N)c(-c3ccc(C)cc3)[nH]2)cc1. The van der Waals surface area contributed by atoms with Crippen molar-refractivity contribution < 1.29 is 4.74 Å². The highest BCUT2D eigenvalue weighted by molar-refractivity contribution is 5.74. The molecule has 3 nitrogen and oxygen atoms in total. The van der Waals surface area contributed by atoms with Gasteiger partial charge in [0.2, 0.25) is 0 Å². The van der Waals surface area contributed by atoms with E-state index in [9.17, 15) is 5.26 Å². The quantitative estimate of drug-likeness (QED) is 0.769. The van der Waals surface area contributed by atoms with Crippen LogP contribution in [-0.2, 0) is 0 Å². The van der Waals surface area contributed by atoms with Crippen LogP contribution in [0.2, 0.25) is 0 Å². The number of aryl methyl sites for hydroxylation is 1. The molecule has 2 aromatic carbocycles. The molecule has 0 aliphatic heterocycles. The Morgan fingerprint density at radius 1 is 0.955 bits per heavy atom. The molecule has 22 heavy (non-hydrogen) atoms. The maximum absolute atomic E-state index is 9.39. The molecule has 0 unspecified atom stereocenters. The number of hydrogen-bond acceptors (Lipinski definition) is 2. The van der Waals surface area contributed by atoms with Crippen LogP contribution in [0.4, 0.5) is 0 Å². The summed E-state index contributed by atoms with van der Waals surface area (Å²) in [5.41, 5.74) is 5.67. The molecule has 0 saturated heterocycles. The lowest BCUT2D eigenvalue weighted by molar-refractivity contribution is 0.415. The molecule has 1 heterocycles. The molecular formula is C19H16N2O. The number of hydrogen-bond donors (Lipinski definition) is 1. The van der Waals surface area contributed by atoms with Gasteiger partial charge in [0.05, 0.1) is 18.4 Å². The van der Waals surface area contributed by atoms with E-state index in [1.54, 1.807) is 7.11 Å². The van der Waals surface area contributed by atoms with Crippen LogP contribution in [0.25, 0.3) is 22.5 Å². The van der Waals surface area contributed by atoms with Crippen molar-refractivity contribution in [3.05, 3.63) is 65.7 Å². The first-order valence-electron chi connectivity index (χ1n) is 7.06. The largest absolute Gasteiger partial charge is 0.497 e. The second-order valence-electron chi connectivity index (χ2n) is 5.18. The fourth-order valence-electron chi connectivity index (χ4n) is 2.42. The minimum Gasteiger partial charge on any atom is -0.497 e. The van der Waals surface area contributed by atoms with Gasteiger partial charge in [-0.2, -0.15) is 5.26 Å². The fourth-order valence-corrected chi connectivity index (χ4v) is 2.42. The van der Waals surface area contributed by atoms with Crippen LogP contribution in [0.5, 0.6) is 5.75 Å². The van der Waals surface area contributed by atoms with Crippen LogP contribution in [0.1, 0.15) is 11.1 Å². The molecule has 108 valence electrons. The van der Waals surface area contributed by atoms with E-state index in [2.05, 4.69) is 11.1 Å². The Bertz CT molecular complexity index is 821. The van der Waals surface area contributed by atoms with Crippen LogP contribution < -0.4 is 4.74 Å². The van der Waals surface area contributed by atoms with Crippen LogP contribution >= 0.6 is 0 Å². The van der Waals surface area contributed by atoms with E-state index in [1.165, 1.54) is 5.56 Å². The Labute approximate surface area is 129 Å². The van der Waals surface area contributed by atoms with Crippen molar-refractivity contribution in [2.75, 3.05) is 7.11 Å². The van der Waals surface area contributed by atoms with Crippen molar-refractivity contribution in [1.82, 2.24) is 4.98 Å². The molecule has 0 amide bonds. The number of aromatic amines is 1. The summed E-state index contributed by atoms with van der Waals surface area (Å²) in [6.07, 6.45) is 0. The number of ether oxygens (including phenoxy) is 1.